The summed E-state index contributed by atoms with van der Waals surface area (Å²) in [4.78, 5) is 33.8. The molecule has 0 fully saturated rings. The van der Waals surface area contributed by atoms with Crippen LogP contribution in [-0.2, 0) is 9.63 Å². The number of aromatic amines is 1. The van der Waals surface area contributed by atoms with Crippen LogP contribution in [0.5, 0.6) is 0 Å². The van der Waals surface area contributed by atoms with Crippen LogP contribution in [0.1, 0.15) is 31.2 Å². The molecule has 4 N–H and O–H groups in total. The molecule has 9 nitrogen and oxygen atoms in total. The van der Waals surface area contributed by atoms with Gasteiger partial charge in [0.2, 0.25) is 5.91 Å². The summed E-state index contributed by atoms with van der Waals surface area (Å²) >= 11 is 5.90. The summed E-state index contributed by atoms with van der Waals surface area (Å²) in [6.07, 6.45) is 2.09. The van der Waals surface area contributed by atoms with E-state index in [-0.39, 0.29) is 11.5 Å². The predicted molar refractivity (Wildman–Crippen MR) is 128 cm³/mol. The van der Waals surface area contributed by atoms with Crippen LogP contribution < -0.4 is 21.7 Å². The van der Waals surface area contributed by atoms with Gasteiger partial charge in [0.25, 0.3) is 5.56 Å². The van der Waals surface area contributed by atoms with Crippen molar-refractivity contribution in [2.45, 2.75) is 31.9 Å². The number of unbranched alkanes of at least 4 members (excludes halogenated alkanes) is 1. The fraction of sp³-hybridized carbons (Fsp3) is 0.304. The van der Waals surface area contributed by atoms with Gasteiger partial charge in [-0.3, -0.25) is 9.59 Å². The number of amidine groups is 1. The quantitative estimate of drug-likeness (QED) is 0.339. The second kappa shape index (κ2) is 10.9. The number of amides is 1. The monoisotopic (exact) mass is 468 g/mol. The number of H-pyrrole nitrogens is 1. The number of halogens is 1. The van der Waals surface area contributed by atoms with Crippen LogP contribution in [0.25, 0.3) is 10.8 Å². The minimum absolute atomic E-state index is 0.0324. The highest BCUT2D eigenvalue weighted by Gasteiger charge is 2.19. The van der Waals surface area contributed by atoms with E-state index in [4.69, 9.17) is 16.4 Å². The molecule has 2 aromatic carbocycles. The number of hydroxylamine groups is 1. The van der Waals surface area contributed by atoms with E-state index in [9.17, 15) is 9.59 Å². The number of nitrogens with one attached hydrogen (secondary N) is 4. The van der Waals surface area contributed by atoms with Gasteiger partial charge in [-0.25, -0.2) is 20.4 Å². The zero-order valence-corrected chi connectivity index (χ0v) is 18.7. The summed E-state index contributed by atoms with van der Waals surface area (Å²) in [5.41, 5.74) is 3.48. The Balaban J connectivity index is 1.12. The van der Waals surface area contributed by atoms with Gasteiger partial charge in [-0.2, -0.15) is 5.10 Å². The van der Waals surface area contributed by atoms with Gasteiger partial charge in [0.1, 0.15) is 0 Å². The molecule has 1 aliphatic rings. The molecule has 0 bridgehead atoms. The van der Waals surface area contributed by atoms with Crippen molar-refractivity contribution in [2.24, 2.45) is 4.99 Å². The Kier molecular flexibility index (Phi) is 7.54. The number of aromatic nitrogens is 2. The fourth-order valence-electron chi connectivity index (χ4n) is 3.46. The number of fused-ring (bicyclic) bond motifs is 1. The van der Waals surface area contributed by atoms with Crippen LogP contribution in [0, 0.1) is 0 Å². The van der Waals surface area contributed by atoms with E-state index in [0.717, 1.165) is 23.8 Å². The smallest absolute Gasteiger partial charge is 0.272 e. The van der Waals surface area contributed by atoms with Crippen LogP contribution in [0.2, 0.25) is 5.02 Å². The van der Waals surface area contributed by atoms with Gasteiger partial charge >= 0.3 is 0 Å². The Morgan fingerprint density at radius 2 is 1.82 bits per heavy atom. The summed E-state index contributed by atoms with van der Waals surface area (Å²) in [6.45, 7) is 1.27. The van der Waals surface area contributed by atoms with Crippen LogP contribution in [-0.4, -0.2) is 41.3 Å². The van der Waals surface area contributed by atoms with Crippen molar-refractivity contribution in [3.8, 4) is 0 Å². The molecule has 1 unspecified atom stereocenters. The average Bonchev–Trinajstić information content (AvgIpc) is 3.31. The Bertz CT molecular complexity index is 1190. The number of benzene rings is 2. The first-order valence-electron chi connectivity index (χ1n) is 10.8. The Morgan fingerprint density at radius 3 is 2.64 bits per heavy atom. The molecule has 0 aliphatic carbocycles. The molecular formula is C23H25ClN6O3. The van der Waals surface area contributed by atoms with Crippen molar-refractivity contribution in [1.29, 1.82) is 0 Å². The average molecular weight is 469 g/mol. The van der Waals surface area contributed by atoms with Crippen LogP contribution in [0.3, 0.4) is 0 Å². The minimum atomic E-state index is -0.398. The number of anilines is 1. The zero-order valence-electron chi connectivity index (χ0n) is 17.9. The lowest BCUT2D eigenvalue weighted by Gasteiger charge is -2.09. The molecule has 1 aliphatic heterocycles. The molecule has 3 aromatic rings. The Morgan fingerprint density at radius 1 is 1.06 bits per heavy atom. The molecule has 0 spiro atoms. The number of hydrogen-bond donors (Lipinski definition) is 4. The summed E-state index contributed by atoms with van der Waals surface area (Å²) in [6, 6.07) is 14.6. The number of hydrogen-bond acceptors (Lipinski definition) is 7. The molecule has 1 atom stereocenters. The maximum atomic E-state index is 12.1. The highest BCUT2D eigenvalue weighted by molar-refractivity contribution is 6.30. The lowest BCUT2D eigenvalue weighted by atomic mass is 10.2. The van der Waals surface area contributed by atoms with Crippen molar-refractivity contribution in [2.75, 3.05) is 18.4 Å². The molecule has 1 aromatic heterocycles. The van der Waals surface area contributed by atoms with E-state index < -0.39 is 6.23 Å². The van der Waals surface area contributed by atoms with Gasteiger partial charge in [-0.15, -0.1) is 0 Å². The lowest BCUT2D eigenvalue weighted by Crippen LogP contribution is -2.26. The first-order chi connectivity index (χ1) is 16.1. The second-order valence-corrected chi connectivity index (χ2v) is 8.07. The third-order valence-electron chi connectivity index (χ3n) is 5.21. The standard InChI is InChI=1S/C23H25ClN6O3/c24-16-9-7-15(8-10-16)21-27-20(33-30-21)12-11-19(31)25-13-3-4-14-26-22-17-5-1-2-6-18(17)23(32)29-28-22/h1-2,5-10,20H,3-4,11-14H2,(H,25,31)(H,26,28)(H,27,30)(H,29,32). The Labute approximate surface area is 195 Å². The van der Waals surface area contributed by atoms with Crippen LogP contribution >= 0.6 is 11.6 Å². The minimum Gasteiger partial charge on any atom is -0.368 e. The highest BCUT2D eigenvalue weighted by atomic mass is 35.5. The van der Waals surface area contributed by atoms with Gasteiger partial charge in [0.15, 0.2) is 17.9 Å². The van der Waals surface area contributed by atoms with Gasteiger partial charge < -0.3 is 10.6 Å². The normalized spacial score (nSPS) is 15.2. The summed E-state index contributed by atoms with van der Waals surface area (Å²) in [5.74, 6) is 1.25. The highest BCUT2D eigenvalue weighted by Crippen LogP contribution is 2.17. The van der Waals surface area contributed by atoms with E-state index in [1.165, 1.54) is 0 Å². The van der Waals surface area contributed by atoms with Crippen molar-refractivity contribution in [1.82, 2.24) is 21.0 Å². The zero-order chi connectivity index (χ0) is 23.0. The molecule has 0 radical (unpaired) electrons. The largest absolute Gasteiger partial charge is 0.368 e. The number of carbonyl (C=O) groups excluding carboxylic acids is 1. The number of nitrogens with zero attached hydrogens (tertiary/aromatic N) is 2. The van der Waals surface area contributed by atoms with Gasteiger partial charge in [0, 0.05) is 41.9 Å². The second-order valence-electron chi connectivity index (χ2n) is 7.63. The number of aliphatic imine (C=N–C) groups is 1. The van der Waals surface area contributed by atoms with Crippen molar-refractivity contribution >= 4 is 39.9 Å². The topological polar surface area (TPSA) is 120 Å². The molecule has 2 heterocycles. The van der Waals surface area contributed by atoms with Crippen molar-refractivity contribution < 1.29 is 9.63 Å². The summed E-state index contributed by atoms with van der Waals surface area (Å²) in [7, 11) is 0. The lowest BCUT2D eigenvalue weighted by molar-refractivity contribution is -0.121. The van der Waals surface area contributed by atoms with E-state index in [2.05, 4.69) is 31.3 Å². The Hall–Kier alpha value is -3.43. The summed E-state index contributed by atoms with van der Waals surface area (Å²) in [5, 5.41) is 14.8. The first-order valence-corrected chi connectivity index (χ1v) is 11.2. The van der Waals surface area contributed by atoms with Crippen molar-refractivity contribution in [3.63, 3.8) is 0 Å². The third-order valence-corrected chi connectivity index (χ3v) is 5.47. The molecule has 0 saturated heterocycles. The maximum absolute atomic E-state index is 12.1. The van der Waals surface area contributed by atoms with Gasteiger partial charge in [-0.1, -0.05) is 29.8 Å². The van der Waals surface area contributed by atoms with Crippen LogP contribution in [0.15, 0.2) is 58.3 Å². The summed E-state index contributed by atoms with van der Waals surface area (Å²) < 4.78 is 0. The van der Waals surface area contributed by atoms with Gasteiger partial charge in [0.05, 0.1) is 5.39 Å². The maximum Gasteiger partial charge on any atom is 0.272 e. The van der Waals surface area contributed by atoms with Crippen LogP contribution in [0.4, 0.5) is 5.82 Å². The number of rotatable bonds is 10. The SMILES string of the molecule is O=C(CCC1N=C(c2ccc(Cl)cc2)NO1)NCCCCNc1n[nH]c(=O)c2ccccc12. The predicted octanol–water partition coefficient (Wildman–Crippen LogP) is 2.97. The van der Waals surface area contributed by atoms with Crippen molar-refractivity contribution in [3.05, 3.63) is 69.5 Å². The third kappa shape index (κ3) is 6.09. The fourth-order valence-corrected chi connectivity index (χ4v) is 3.59. The first kappa shape index (κ1) is 22.8. The van der Waals surface area contributed by atoms with E-state index in [0.29, 0.717) is 48.0 Å². The van der Waals surface area contributed by atoms with E-state index in [1.54, 1.807) is 18.2 Å². The van der Waals surface area contributed by atoms with Gasteiger partial charge in [-0.05, 0) is 43.2 Å². The molecule has 1 amide bonds. The molecule has 10 heteroatoms. The number of carbonyl (C=O) groups is 1. The molecule has 0 saturated carbocycles. The molecular weight excluding hydrogens is 444 g/mol. The van der Waals surface area contributed by atoms with E-state index in [1.807, 2.05) is 30.3 Å². The van der Waals surface area contributed by atoms with E-state index >= 15 is 0 Å². The molecule has 33 heavy (non-hydrogen) atoms. The molecule has 172 valence electrons. The molecule has 4 rings (SSSR count).